The maximum atomic E-state index is 6.38. The number of hydrogen-bond donors (Lipinski definition) is 1. The molecule has 1 aliphatic heterocycles. The van der Waals surface area contributed by atoms with E-state index < -0.39 is 0 Å². The second kappa shape index (κ2) is 6.00. The van der Waals surface area contributed by atoms with Gasteiger partial charge in [0.25, 0.3) is 0 Å². The van der Waals surface area contributed by atoms with E-state index in [-0.39, 0.29) is 0 Å². The third kappa shape index (κ3) is 2.62. The van der Waals surface area contributed by atoms with Gasteiger partial charge in [0.15, 0.2) is 0 Å². The molecule has 0 aliphatic carbocycles. The van der Waals surface area contributed by atoms with E-state index in [1.807, 2.05) is 16.8 Å². The van der Waals surface area contributed by atoms with Gasteiger partial charge in [-0.25, -0.2) is 4.68 Å². The Hall–Kier alpha value is -1.24. The third-order valence-corrected chi connectivity index (χ3v) is 5.46. The number of rotatable bonds is 2. The molecular formula is C17H12Cl2IN3. The largest absolute Gasteiger partial charge is 0.369 e. The van der Waals surface area contributed by atoms with Gasteiger partial charge in [-0.3, -0.25) is 0 Å². The van der Waals surface area contributed by atoms with Gasteiger partial charge in [-0.05, 0) is 53.3 Å². The van der Waals surface area contributed by atoms with Gasteiger partial charge in [0.1, 0.15) is 5.82 Å². The third-order valence-electron chi connectivity index (χ3n) is 3.93. The normalized spacial score (nSPS) is 13.0. The molecule has 0 saturated heterocycles. The summed E-state index contributed by atoms with van der Waals surface area (Å²) in [7, 11) is 0. The molecule has 1 N–H and O–H groups in total. The van der Waals surface area contributed by atoms with Crippen molar-refractivity contribution < 1.29 is 0 Å². The molecule has 116 valence electrons. The zero-order valence-electron chi connectivity index (χ0n) is 12.0. The Balaban J connectivity index is 1.91. The van der Waals surface area contributed by atoms with Crippen LogP contribution in [0.15, 0.2) is 42.5 Å². The molecule has 0 radical (unpaired) electrons. The van der Waals surface area contributed by atoms with Crippen LogP contribution in [0.4, 0.5) is 5.82 Å². The van der Waals surface area contributed by atoms with Gasteiger partial charge in [0.05, 0.1) is 21.4 Å². The molecule has 23 heavy (non-hydrogen) atoms. The number of anilines is 1. The highest BCUT2D eigenvalue weighted by Crippen LogP contribution is 2.37. The first kappa shape index (κ1) is 15.3. The lowest BCUT2D eigenvalue weighted by Crippen LogP contribution is -2.05. The Morgan fingerprint density at radius 2 is 1.87 bits per heavy atom. The summed E-state index contributed by atoms with van der Waals surface area (Å²) < 4.78 is 3.07. The van der Waals surface area contributed by atoms with E-state index in [4.69, 9.17) is 28.3 Å². The number of aromatic nitrogens is 2. The number of hydrogen-bond acceptors (Lipinski definition) is 2. The Morgan fingerprint density at radius 1 is 1.09 bits per heavy atom. The van der Waals surface area contributed by atoms with Crippen LogP contribution in [0.2, 0.25) is 10.0 Å². The molecule has 3 aromatic rings. The van der Waals surface area contributed by atoms with Gasteiger partial charge >= 0.3 is 0 Å². The Labute approximate surface area is 157 Å². The van der Waals surface area contributed by atoms with E-state index in [0.717, 1.165) is 35.7 Å². The van der Waals surface area contributed by atoms with Crippen LogP contribution < -0.4 is 5.32 Å². The SMILES string of the molecule is Clc1cccc(-n2nc(-c3ccc(I)cc3)c3c2NCC3)c1Cl. The number of nitrogens with one attached hydrogen (secondary N) is 1. The fourth-order valence-electron chi connectivity index (χ4n) is 2.84. The first-order valence-electron chi connectivity index (χ1n) is 7.21. The van der Waals surface area contributed by atoms with Crippen molar-refractivity contribution in [1.82, 2.24) is 9.78 Å². The van der Waals surface area contributed by atoms with Crippen LogP contribution in [0.1, 0.15) is 5.56 Å². The van der Waals surface area contributed by atoms with Gasteiger partial charge < -0.3 is 5.32 Å². The number of fused-ring (bicyclic) bond motifs is 1. The van der Waals surface area contributed by atoms with Crippen LogP contribution in [-0.4, -0.2) is 16.3 Å². The number of benzene rings is 2. The second-order valence-corrected chi connectivity index (χ2v) is 7.37. The summed E-state index contributed by atoms with van der Waals surface area (Å²) in [6.07, 6.45) is 0.953. The molecule has 2 heterocycles. The molecule has 1 aromatic heterocycles. The molecular weight excluding hydrogens is 444 g/mol. The lowest BCUT2D eigenvalue weighted by Gasteiger charge is -2.09. The van der Waals surface area contributed by atoms with Gasteiger partial charge in [-0.1, -0.05) is 41.4 Å². The minimum atomic E-state index is 0.516. The van der Waals surface area contributed by atoms with Crippen LogP contribution in [0, 0.1) is 3.57 Å². The highest BCUT2D eigenvalue weighted by molar-refractivity contribution is 14.1. The maximum Gasteiger partial charge on any atom is 0.133 e. The highest BCUT2D eigenvalue weighted by Gasteiger charge is 2.25. The minimum absolute atomic E-state index is 0.516. The summed E-state index contributed by atoms with van der Waals surface area (Å²) in [5, 5.41) is 9.27. The Bertz CT molecular complexity index is 888. The summed E-state index contributed by atoms with van der Waals surface area (Å²) in [6, 6.07) is 14.0. The second-order valence-electron chi connectivity index (χ2n) is 5.34. The smallest absolute Gasteiger partial charge is 0.133 e. The van der Waals surface area contributed by atoms with E-state index in [0.29, 0.717) is 10.0 Å². The molecule has 4 rings (SSSR count). The number of nitrogens with zero attached hydrogens (tertiary/aromatic N) is 2. The topological polar surface area (TPSA) is 29.9 Å². The van der Waals surface area contributed by atoms with Crippen molar-refractivity contribution in [2.45, 2.75) is 6.42 Å². The van der Waals surface area contributed by atoms with E-state index >= 15 is 0 Å². The molecule has 0 saturated carbocycles. The fraction of sp³-hybridized carbons (Fsp3) is 0.118. The van der Waals surface area contributed by atoms with E-state index in [1.165, 1.54) is 9.13 Å². The van der Waals surface area contributed by atoms with Gasteiger partial charge in [-0.2, -0.15) is 5.10 Å². The standard InChI is InChI=1S/C17H12Cl2IN3/c18-13-2-1-3-14(15(13)19)23-17-12(8-9-21-17)16(22-23)10-4-6-11(20)7-5-10/h1-7,21H,8-9H2. The van der Waals surface area contributed by atoms with E-state index in [2.05, 4.69) is 52.2 Å². The minimum Gasteiger partial charge on any atom is -0.369 e. The lowest BCUT2D eigenvalue weighted by atomic mass is 10.1. The zero-order chi connectivity index (χ0) is 16.0. The molecule has 0 spiro atoms. The molecule has 3 nitrogen and oxygen atoms in total. The van der Waals surface area contributed by atoms with Crippen LogP contribution in [-0.2, 0) is 6.42 Å². The molecule has 1 aliphatic rings. The van der Waals surface area contributed by atoms with Gasteiger partial charge in [0, 0.05) is 21.2 Å². The van der Waals surface area contributed by atoms with E-state index in [1.54, 1.807) is 6.07 Å². The Kier molecular flexibility index (Phi) is 3.99. The highest BCUT2D eigenvalue weighted by atomic mass is 127. The summed E-state index contributed by atoms with van der Waals surface area (Å²) >= 11 is 14.9. The van der Waals surface area contributed by atoms with Crippen molar-refractivity contribution >= 4 is 51.6 Å². The van der Waals surface area contributed by atoms with Crippen molar-refractivity contribution in [3.63, 3.8) is 0 Å². The summed E-state index contributed by atoms with van der Waals surface area (Å²) in [5.41, 5.74) is 4.13. The molecule has 6 heteroatoms. The van der Waals surface area contributed by atoms with Crippen LogP contribution in [0.3, 0.4) is 0 Å². The molecule has 0 fully saturated rings. The van der Waals surface area contributed by atoms with Crippen LogP contribution in [0.25, 0.3) is 16.9 Å². The molecule has 0 bridgehead atoms. The van der Waals surface area contributed by atoms with Crippen molar-refractivity contribution in [3.8, 4) is 16.9 Å². The lowest BCUT2D eigenvalue weighted by molar-refractivity contribution is 0.882. The maximum absolute atomic E-state index is 6.38. The summed E-state index contributed by atoms with van der Waals surface area (Å²) in [5.74, 6) is 1.00. The average molecular weight is 456 g/mol. The predicted molar refractivity (Wildman–Crippen MR) is 104 cm³/mol. The Morgan fingerprint density at radius 3 is 2.65 bits per heavy atom. The van der Waals surface area contributed by atoms with Gasteiger partial charge in [-0.15, -0.1) is 0 Å². The molecule has 0 atom stereocenters. The van der Waals surface area contributed by atoms with Crippen molar-refractivity contribution in [2.24, 2.45) is 0 Å². The molecule has 0 amide bonds. The number of halogens is 3. The van der Waals surface area contributed by atoms with Gasteiger partial charge in [0.2, 0.25) is 0 Å². The first-order valence-corrected chi connectivity index (χ1v) is 9.04. The molecule has 0 unspecified atom stereocenters. The average Bonchev–Trinajstić information content (AvgIpc) is 3.14. The predicted octanol–water partition coefficient (Wildman–Crippen LogP) is 5.42. The fourth-order valence-corrected chi connectivity index (χ4v) is 3.58. The van der Waals surface area contributed by atoms with Crippen molar-refractivity contribution in [3.05, 3.63) is 61.6 Å². The quantitative estimate of drug-likeness (QED) is 0.523. The zero-order valence-corrected chi connectivity index (χ0v) is 15.7. The van der Waals surface area contributed by atoms with Crippen LogP contribution in [0.5, 0.6) is 0 Å². The van der Waals surface area contributed by atoms with E-state index in [9.17, 15) is 0 Å². The van der Waals surface area contributed by atoms with Crippen molar-refractivity contribution in [2.75, 3.05) is 11.9 Å². The summed E-state index contributed by atoms with van der Waals surface area (Å²) in [4.78, 5) is 0. The summed E-state index contributed by atoms with van der Waals surface area (Å²) in [6.45, 7) is 0.905. The van der Waals surface area contributed by atoms with Crippen molar-refractivity contribution in [1.29, 1.82) is 0 Å². The monoisotopic (exact) mass is 455 g/mol. The van der Waals surface area contributed by atoms with Crippen LogP contribution >= 0.6 is 45.8 Å². The molecule has 2 aromatic carbocycles. The first-order chi connectivity index (χ1) is 11.1.